The van der Waals surface area contributed by atoms with E-state index in [-0.39, 0.29) is 56.1 Å². The molecule has 1 aliphatic heterocycles. The molecule has 1 aliphatic rings. The van der Waals surface area contributed by atoms with Crippen LogP contribution in [0.15, 0.2) is 24.2 Å². The first-order chi connectivity index (χ1) is 18.8. The third kappa shape index (κ3) is 4.14. The van der Waals surface area contributed by atoms with Crippen molar-refractivity contribution in [1.29, 1.82) is 0 Å². The van der Waals surface area contributed by atoms with E-state index in [1.807, 2.05) is 0 Å². The minimum atomic E-state index is -3.38. The van der Waals surface area contributed by atoms with Gasteiger partial charge in [0, 0.05) is 26.2 Å². The van der Waals surface area contributed by atoms with Gasteiger partial charge in [0.2, 0.25) is 0 Å². The number of nitrogens with zero attached hydrogens (tertiary/aromatic N) is 2. The van der Waals surface area contributed by atoms with Gasteiger partial charge in [-0.15, -0.1) is 0 Å². The van der Waals surface area contributed by atoms with Gasteiger partial charge in [0.05, 0.1) is 14.0 Å². The average molecular weight is 434 g/mol. The summed E-state index contributed by atoms with van der Waals surface area (Å²) in [6.07, 6.45) is -4.40. The summed E-state index contributed by atoms with van der Waals surface area (Å²) < 4.78 is 118. The van der Waals surface area contributed by atoms with E-state index in [4.69, 9.17) is 22.3 Å². The summed E-state index contributed by atoms with van der Waals surface area (Å²) in [5.74, 6) is -3.69. The summed E-state index contributed by atoms with van der Waals surface area (Å²) in [4.78, 5) is 3.54. The van der Waals surface area contributed by atoms with Crippen molar-refractivity contribution in [2.24, 2.45) is 5.89 Å². The Kier molecular flexibility index (Phi) is 3.58. The normalized spacial score (nSPS) is 29.3. The molecule has 0 saturated heterocycles. The Morgan fingerprint density at radius 1 is 1.29 bits per heavy atom. The molecule has 3 atom stereocenters. The van der Waals surface area contributed by atoms with Gasteiger partial charge in [-0.25, -0.2) is 9.24 Å². The van der Waals surface area contributed by atoms with Crippen LogP contribution in [0.3, 0.4) is 0 Å². The molecule has 0 bridgehead atoms. The Balaban J connectivity index is 2.61. The SMILES string of the molecule is [2H]c1c([N+]#[C-])c(C)c([2H])c2c1C(C)O[C@]2(c1ccc(F)c(C)c1C)C([2H])([2H])C([2H])(C)C([2H])([2H])N(C([2H])([2H])[2H])C([2H])(C)C. The van der Waals surface area contributed by atoms with E-state index >= 15 is 0 Å². The van der Waals surface area contributed by atoms with E-state index in [1.165, 1.54) is 33.8 Å². The summed E-state index contributed by atoms with van der Waals surface area (Å²) in [7, 11) is 0. The van der Waals surface area contributed by atoms with Crippen molar-refractivity contribution >= 4 is 5.69 Å². The molecule has 0 spiro atoms. The van der Waals surface area contributed by atoms with Crippen LogP contribution >= 0.6 is 0 Å². The van der Waals surface area contributed by atoms with Gasteiger partial charge >= 0.3 is 0 Å². The van der Waals surface area contributed by atoms with Crippen LogP contribution in [0.1, 0.15) is 88.6 Å². The van der Waals surface area contributed by atoms with Crippen molar-refractivity contribution in [2.75, 3.05) is 13.5 Å². The van der Waals surface area contributed by atoms with E-state index in [1.54, 1.807) is 0 Å². The van der Waals surface area contributed by atoms with Gasteiger partial charge in [-0.2, -0.15) is 0 Å². The number of hydrogen-bond acceptors (Lipinski definition) is 2. The highest BCUT2D eigenvalue weighted by Gasteiger charge is 2.47. The number of hydrogen-bond donors (Lipinski definition) is 0. The van der Waals surface area contributed by atoms with Gasteiger partial charge in [0.15, 0.2) is 5.69 Å². The number of fused-ring (bicyclic) bond motifs is 1. The molecule has 0 fully saturated rings. The molecule has 166 valence electrons. The van der Waals surface area contributed by atoms with Crippen LogP contribution in [0.2, 0.25) is 0 Å². The predicted octanol–water partition coefficient (Wildman–Crippen LogP) is 7.00. The van der Waals surface area contributed by atoms with Crippen molar-refractivity contribution in [3.8, 4) is 0 Å². The summed E-state index contributed by atoms with van der Waals surface area (Å²) >= 11 is 0. The summed E-state index contributed by atoms with van der Waals surface area (Å²) in [6.45, 7) is 9.82. The summed E-state index contributed by atoms with van der Waals surface area (Å²) in [5, 5.41) is 0. The highest BCUT2D eigenvalue weighted by molar-refractivity contribution is 5.61. The van der Waals surface area contributed by atoms with Gasteiger partial charge in [-0.3, -0.25) is 0 Å². The fourth-order valence-electron chi connectivity index (χ4n) is 3.77. The number of rotatable bonds is 6. The molecular formula is C27H35FN2O. The third-order valence-corrected chi connectivity index (χ3v) is 5.60. The molecule has 1 heterocycles. The van der Waals surface area contributed by atoms with E-state index in [2.05, 4.69) is 4.85 Å². The molecule has 0 N–H and O–H groups in total. The van der Waals surface area contributed by atoms with Gasteiger partial charge in [-0.1, -0.05) is 25.1 Å². The van der Waals surface area contributed by atoms with Crippen molar-refractivity contribution in [3.05, 3.63) is 74.8 Å². The first-order valence-electron chi connectivity index (χ1n) is 15.5. The quantitative estimate of drug-likeness (QED) is 0.456. The van der Waals surface area contributed by atoms with E-state index in [0.717, 1.165) is 26.8 Å². The maximum absolute atomic E-state index is 14.7. The Labute approximate surface area is 202 Å². The summed E-state index contributed by atoms with van der Waals surface area (Å²) in [5.41, 5.74) is -2.64. The van der Waals surface area contributed by atoms with Gasteiger partial charge in [-0.05, 0) is 100 Å². The van der Waals surface area contributed by atoms with E-state index in [9.17, 15) is 8.50 Å². The van der Waals surface area contributed by atoms with Crippen LogP contribution in [0.25, 0.3) is 4.85 Å². The Morgan fingerprint density at radius 3 is 2.61 bits per heavy atom. The van der Waals surface area contributed by atoms with Crippen LogP contribution in [-0.4, -0.2) is 24.4 Å². The summed E-state index contributed by atoms with van der Waals surface area (Å²) in [6, 6.07) is -0.557. The van der Waals surface area contributed by atoms with Gasteiger partial charge in [0.1, 0.15) is 11.4 Å². The second-order valence-corrected chi connectivity index (χ2v) is 8.05. The van der Waals surface area contributed by atoms with E-state index < -0.39 is 49.3 Å². The van der Waals surface area contributed by atoms with Crippen LogP contribution in [0.4, 0.5) is 10.1 Å². The zero-order chi connectivity index (χ0) is 32.8. The maximum Gasteiger partial charge on any atom is 0.190 e. The lowest BCUT2D eigenvalue weighted by Gasteiger charge is -2.37. The number of ether oxygens (including phenoxy) is 1. The molecule has 0 saturated carbocycles. The predicted molar refractivity (Wildman–Crippen MR) is 125 cm³/mol. The van der Waals surface area contributed by atoms with Crippen LogP contribution in [0, 0.1) is 39.1 Å². The standard InChI is InChI=1S/C27H35FN2O/c1-16(2)30(9)15-17(3)14-27(23-10-11-25(28)20(6)19(23)5)24-12-18(4)26(29-8)13-22(24)21(7)31-27/h10-13,16-17,21H,14-15H2,1-7,9H3/t17?,21?,27-/m0/s1/i9D3,12D,13D,14D2,15D2,16D,17D. The van der Waals surface area contributed by atoms with Crippen LogP contribution < -0.4 is 0 Å². The lowest BCUT2D eigenvalue weighted by atomic mass is 9.76. The van der Waals surface area contributed by atoms with Crippen molar-refractivity contribution < 1.29 is 24.2 Å². The molecule has 31 heavy (non-hydrogen) atoms. The second kappa shape index (κ2) is 8.73. The first-order valence-corrected chi connectivity index (χ1v) is 10.0. The fourth-order valence-corrected chi connectivity index (χ4v) is 3.77. The Morgan fingerprint density at radius 2 is 2.00 bits per heavy atom. The smallest absolute Gasteiger partial charge is 0.190 e. The maximum atomic E-state index is 14.7. The fraction of sp³-hybridized carbons (Fsp3) is 0.519. The number of halogens is 1. The van der Waals surface area contributed by atoms with Gasteiger partial charge < -0.3 is 9.64 Å². The molecule has 0 amide bonds. The molecule has 2 aromatic rings. The van der Waals surface area contributed by atoms with Crippen molar-refractivity contribution in [1.82, 2.24) is 4.90 Å². The molecular weight excluding hydrogens is 387 g/mol. The minimum Gasteiger partial charge on any atom is -0.358 e. The highest BCUT2D eigenvalue weighted by atomic mass is 19.1. The zero-order valence-electron chi connectivity index (χ0n) is 29.9. The van der Waals surface area contributed by atoms with Crippen molar-refractivity contribution in [2.45, 2.75) is 72.6 Å². The molecule has 0 radical (unpaired) electrons. The number of benzene rings is 2. The van der Waals surface area contributed by atoms with Crippen molar-refractivity contribution in [3.63, 3.8) is 0 Å². The van der Waals surface area contributed by atoms with Gasteiger partial charge in [0.25, 0.3) is 0 Å². The Bertz CT molecular complexity index is 1460. The lowest BCUT2D eigenvalue weighted by Crippen LogP contribution is -2.36. The minimum absolute atomic E-state index is 0.00767. The third-order valence-electron chi connectivity index (χ3n) is 5.60. The molecule has 3 rings (SSSR count). The topological polar surface area (TPSA) is 16.8 Å². The molecule has 2 unspecified atom stereocenters. The molecule has 0 aliphatic carbocycles. The molecule has 4 heteroatoms. The average Bonchev–Trinajstić information content (AvgIpc) is 3.13. The van der Waals surface area contributed by atoms with Crippen LogP contribution in [-0.2, 0) is 10.3 Å². The monoisotopic (exact) mass is 433 g/mol. The molecule has 2 aromatic carbocycles. The van der Waals surface area contributed by atoms with E-state index in [0.29, 0.717) is 0 Å². The second-order valence-electron chi connectivity index (χ2n) is 8.05. The first kappa shape index (κ1) is 12.7. The lowest BCUT2D eigenvalue weighted by molar-refractivity contribution is -0.0567. The molecule has 3 nitrogen and oxygen atoms in total. The Hall–Kier alpha value is -2.22. The largest absolute Gasteiger partial charge is 0.358 e. The zero-order valence-corrected chi connectivity index (χ0v) is 18.9. The highest BCUT2D eigenvalue weighted by Crippen LogP contribution is 2.53. The molecule has 0 aromatic heterocycles. The van der Waals surface area contributed by atoms with Crippen LogP contribution in [0.5, 0.6) is 0 Å².